The summed E-state index contributed by atoms with van der Waals surface area (Å²) in [5, 5.41) is 3.76. The quantitative estimate of drug-likeness (QED) is 0.433. The fraction of sp³-hybridized carbons (Fsp3) is 0.414. The second-order valence-electron chi connectivity index (χ2n) is 10.9. The molecule has 4 aliphatic rings. The van der Waals surface area contributed by atoms with Gasteiger partial charge in [-0.1, -0.05) is 54.1 Å². The molecule has 1 amide bonds. The second kappa shape index (κ2) is 8.81. The minimum atomic E-state index is -0.0733. The molecular formula is C29H30ClN3O. The third-order valence-corrected chi connectivity index (χ3v) is 8.41. The van der Waals surface area contributed by atoms with Crippen LogP contribution in [0, 0.1) is 23.2 Å². The zero-order chi connectivity index (χ0) is 23.1. The van der Waals surface area contributed by atoms with Gasteiger partial charge in [0.15, 0.2) is 5.82 Å². The van der Waals surface area contributed by atoms with E-state index in [1.807, 2.05) is 42.5 Å². The van der Waals surface area contributed by atoms with Gasteiger partial charge in [0.2, 0.25) is 5.91 Å². The van der Waals surface area contributed by atoms with E-state index in [1.54, 1.807) is 6.20 Å². The summed E-state index contributed by atoms with van der Waals surface area (Å²) in [5.41, 5.74) is 4.11. The van der Waals surface area contributed by atoms with E-state index in [0.717, 1.165) is 46.7 Å². The van der Waals surface area contributed by atoms with Crippen molar-refractivity contribution in [2.45, 2.75) is 51.4 Å². The van der Waals surface area contributed by atoms with Crippen LogP contribution in [0.25, 0.3) is 11.3 Å². The lowest BCUT2D eigenvalue weighted by atomic mass is 9.48. The van der Waals surface area contributed by atoms with Crippen molar-refractivity contribution in [1.29, 1.82) is 0 Å². The van der Waals surface area contributed by atoms with Crippen molar-refractivity contribution in [2.75, 3.05) is 5.32 Å². The molecule has 0 saturated heterocycles. The molecule has 0 unspecified atom stereocenters. The summed E-state index contributed by atoms with van der Waals surface area (Å²) in [6, 6.07) is 17.6. The van der Waals surface area contributed by atoms with E-state index in [9.17, 15) is 4.79 Å². The molecule has 4 nitrogen and oxygen atoms in total. The van der Waals surface area contributed by atoms with Crippen molar-refractivity contribution >= 4 is 23.3 Å². The first kappa shape index (κ1) is 21.8. The highest BCUT2D eigenvalue weighted by atomic mass is 35.5. The number of rotatable bonds is 6. The number of aromatic nitrogens is 2. The summed E-state index contributed by atoms with van der Waals surface area (Å²) in [6.07, 6.45) is 11.1. The van der Waals surface area contributed by atoms with Gasteiger partial charge in [-0.15, -0.1) is 0 Å². The normalized spacial score (nSPS) is 27.0. The fourth-order valence-electron chi connectivity index (χ4n) is 7.23. The molecule has 1 heterocycles. The third kappa shape index (κ3) is 4.48. The van der Waals surface area contributed by atoms with Gasteiger partial charge in [-0.25, -0.2) is 9.97 Å². The Balaban J connectivity index is 1.29. The Hall–Kier alpha value is -2.72. The van der Waals surface area contributed by atoms with Crippen LogP contribution >= 0.6 is 11.6 Å². The van der Waals surface area contributed by atoms with E-state index in [4.69, 9.17) is 21.6 Å². The first-order valence-corrected chi connectivity index (χ1v) is 12.9. The predicted molar refractivity (Wildman–Crippen MR) is 136 cm³/mol. The van der Waals surface area contributed by atoms with Crippen LogP contribution < -0.4 is 5.32 Å². The Kier molecular flexibility index (Phi) is 5.65. The van der Waals surface area contributed by atoms with Crippen LogP contribution in [-0.4, -0.2) is 15.9 Å². The van der Waals surface area contributed by atoms with Crippen LogP contribution in [-0.2, 0) is 17.6 Å². The Morgan fingerprint density at radius 3 is 2.24 bits per heavy atom. The van der Waals surface area contributed by atoms with Gasteiger partial charge < -0.3 is 5.32 Å². The second-order valence-corrected chi connectivity index (χ2v) is 11.3. The number of hydrogen-bond donors (Lipinski definition) is 1. The maximum Gasteiger partial charge on any atom is 0.229 e. The molecule has 4 saturated carbocycles. The summed E-state index contributed by atoms with van der Waals surface area (Å²) in [4.78, 5) is 22.8. The minimum absolute atomic E-state index is 0.0733. The molecule has 2 aromatic carbocycles. The number of benzene rings is 2. The lowest BCUT2D eigenvalue weighted by molar-refractivity contribution is -0.115. The van der Waals surface area contributed by atoms with Gasteiger partial charge in [0.25, 0.3) is 0 Å². The van der Waals surface area contributed by atoms with Crippen LogP contribution in [0.3, 0.4) is 0 Å². The summed E-state index contributed by atoms with van der Waals surface area (Å²) in [6.45, 7) is 0. The molecule has 0 atom stereocenters. The Morgan fingerprint density at radius 2 is 1.59 bits per heavy atom. The number of nitrogens with zero attached hydrogens (tertiary/aromatic N) is 2. The van der Waals surface area contributed by atoms with Crippen LogP contribution in [0.1, 0.15) is 49.8 Å². The van der Waals surface area contributed by atoms with E-state index in [2.05, 4.69) is 17.4 Å². The third-order valence-electron chi connectivity index (χ3n) is 8.16. The van der Waals surface area contributed by atoms with Gasteiger partial charge >= 0.3 is 0 Å². The standard InChI is InChI=1S/C29H30ClN3O/c30-24-8-6-19(7-9-24)13-27(34)33-28-25(32-26(18-31-28)23-4-2-1-3-5-23)17-29-14-20-10-21(15-29)12-22(11-20)16-29/h1-9,18,20-22H,10-17H2,(H,31,33,34). The highest BCUT2D eigenvalue weighted by Crippen LogP contribution is 2.61. The number of anilines is 1. The van der Waals surface area contributed by atoms with Crippen LogP contribution in [0.5, 0.6) is 0 Å². The van der Waals surface area contributed by atoms with Crippen molar-refractivity contribution in [2.24, 2.45) is 23.2 Å². The van der Waals surface area contributed by atoms with Gasteiger partial charge in [0, 0.05) is 10.6 Å². The summed E-state index contributed by atoms with van der Waals surface area (Å²) >= 11 is 5.99. The first-order chi connectivity index (χ1) is 16.5. The summed E-state index contributed by atoms with van der Waals surface area (Å²) < 4.78 is 0. The van der Waals surface area contributed by atoms with Crippen LogP contribution in [0.2, 0.25) is 5.02 Å². The van der Waals surface area contributed by atoms with Crippen molar-refractivity contribution < 1.29 is 4.79 Å². The molecule has 1 N–H and O–H groups in total. The summed E-state index contributed by atoms with van der Waals surface area (Å²) in [5.74, 6) is 3.17. The zero-order valence-corrected chi connectivity index (χ0v) is 20.1. The van der Waals surface area contributed by atoms with E-state index in [-0.39, 0.29) is 12.3 Å². The molecule has 0 spiro atoms. The minimum Gasteiger partial charge on any atom is -0.309 e. The molecule has 4 fully saturated rings. The van der Waals surface area contributed by atoms with E-state index >= 15 is 0 Å². The van der Waals surface area contributed by atoms with E-state index in [0.29, 0.717) is 16.3 Å². The first-order valence-electron chi connectivity index (χ1n) is 12.5. The van der Waals surface area contributed by atoms with Gasteiger partial charge in [-0.2, -0.15) is 0 Å². The number of carbonyl (C=O) groups excluding carboxylic acids is 1. The molecule has 5 heteroatoms. The lowest BCUT2D eigenvalue weighted by Gasteiger charge is -2.57. The number of amides is 1. The van der Waals surface area contributed by atoms with Gasteiger partial charge in [-0.3, -0.25) is 4.79 Å². The highest BCUT2D eigenvalue weighted by molar-refractivity contribution is 6.30. The van der Waals surface area contributed by atoms with Crippen molar-refractivity contribution in [3.05, 3.63) is 77.1 Å². The molecule has 7 rings (SSSR count). The van der Waals surface area contributed by atoms with Crippen LogP contribution in [0.15, 0.2) is 60.8 Å². The molecule has 1 aromatic heterocycles. The Morgan fingerprint density at radius 1 is 0.941 bits per heavy atom. The van der Waals surface area contributed by atoms with Crippen molar-refractivity contribution in [1.82, 2.24) is 9.97 Å². The highest BCUT2D eigenvalue weighted by Gasteiger charge is 2.51. The molecule has 0 radical (unpaired) electrons. The van der Waals surface area contributed by atoms with Gasteiger partial charge in [-0.05, 0) is 85.8 Å². The maximum absolute atomic E-state index is 12.9. The maximum atomic E-state index is 12.9. The molecule has 3 aromatic rings. The molecule has 0 aliphatic heterocycles. The average Bonchev–Trinajstić information content (AvgIpc) is 2.81. The molecule has 174 valence electrons. The predicted octanol–water partition coefficient (Wildman–Crippen LogP) is 6.74. The Labute approximate surface area is 206 Å². The molecule has 4 aliphatic carbocycles. The molecular weight excluding hydrogens is 442 g/mol. The lowest BCUT2D eigenvalue weighted by Crippen LogP contribution is -2.47. The summed E-state index contributed by atoms with van der Waals surface area (Å²) in [7, 11) is 0. The SMILES string of the molecule is O=C(Cc1ccc(Cl)cc1)Nc1ncc(-c2ccccc2)nc1CC12CC3CC(CC(C3)C1)C2. The average molecular weight is 472 g/mol. The molecule has 34 heavy (non-hydrogen) atoms. The monoisotopic (exact) mass is 471 g/mol. The van der Waals surface area contributed by atoms with Crippen molar-refractivity contribution in [3.8, 4) is 11.3 Å². The largest absolute Gasteiger partial charge is 0.309 e. The van der Waals surface area contributed by atoms with Crippen LogP contribution in [0.4, 0.5) is 5.82 Å². The number of halogens is 1. The number of nitrogens with one attached hydrogen (secondary N) is 1. The number of carbonyl (C=O) groups is 1. The topological polar surface area (TPSA) is 54.9 Å². The van der Waals surface area contributed by atoms with Gasteiger partial charge in [0.05, 0.1) is 24.0 Å². The fourth-order valence-corrected chi connectivity index (χ4v) is 7.35. The Bertz CT molecular complexity index is 1160. The van der Waals surface area contributed by atoms with Gasteiger partial charge in [0.1, 0.15) is 0 Å². The zero-order valence-electron chi connectivity index (χ0n) is 19.3. The van der Waals surface area contributed by atoms with Crippen molar-refractivity contribution in [3.63, 3.8) is 0 Å². The van der Waals surface area contributed by atoms with E-state index < -0.39 is 0 Å². The molecule has 4 bridgehead atoms. The van der Waals surface area contributed by atoms with E-state index in [1.165, 1.54) is 38.5 Å². The smallest absolute Gasteiger partial charge is 0.229 e. The number of hydrogen-bond acceptors (Lipinski definition) is 3.